The van der Waals surface area contributed by atoms with E-state index < -0.39 is 5.97 Å². The minimum atomic E-state index is -0.717. The van der Waals surface area contributed by atoms with E-state index >= 15 is 0 Å². The van der Waals surface area contributed by atoms with Gasteiger partial charge in [-0.15, -0.1) is 0 Å². The van der Waals surface area contributed by atoms with E-state index in [0.717, 1.165) is 0 Å². The van der Waals surface area contributed by atoms with Crippen molar-refractivity contribution in [2.45, 2.75) is 52.6 Å². The maximum atomic E-state index is 10.3. The van der Waals surface area contributed by atoms with Crippen LogP contribution in [-0.4, -0.2) is 23.2 Å². The van der Waals surface area contributed by atoms with Crippen LogP contribution in [0, 0.1) is 5.92 Å². The second-order valence-electron chi connectivity index (χ2n) is 4.03. The van der Waals surface area contributed by atoms with Crippen molar-refractivity contribution in [3.8, 4) is 0 Å². The van der Waals surface area contributed by atoms with Gasteiger partial charge in [0.2, 0.25) is 0 Å². The summed E-state index contributed by atoms with van der Waals surface area (Å²) in [5.41, 5.74) is 0. The van der Waals surface area contributed by atoms with Crippen molar-refractivity contribution in [3.05, 3.63) is 0 Å². The summed E-state index contributed by atoms with van der Waals surface area (Å²) in [5, 5.41) is 11.8. The molecule has 0 saturated heterocycles. The highest BCUT2D eigenvalue weighted by Gasteiger charge is 2.11. The molecule has 0 rings (SSSR count). The summed E-state index contributed by atoms with van der Waals surface area (Å²) in [5.74, 6) is -0.127. The second kappa shape index (κ2) is 5.97. The third-order valence-corrected chi connectivity index (χ3v) is 2.34. The highest BCUT2D eigenvalue weighted by molar-refractivity contribution is 5.66. The monoisotopic (exact) mass is 187 g/mol. The van der Waals surface area contributed by atoms with E-state index in [2.05, 4.69) is 26.1 Å². The van der Waals surface area contributed by atoms with Gasteiger partial charge in [0.1, 0.15) is 0 Å². The van der Waals surface area contributed by atoms with Crippen LogP contribution in [0.1, 0.15) is 40.5 Å². The van der Waals surface area contributed by atoms with Crippen LogP contribution in [0.15, 0.2) is 0 Å². The van der Waals surface area contributed by atoms with E-state index in [0.29, 0.717) is 18.4 Å². The number of carbonyl (C=O) groups is 1. The number of carboxylic acids is 1. The molecule has 2 N–H and O–H groups in total. The molecule has 0 aromatic rings. The zero-order chi connectivity index (χ0) is 10.4. The molecule has 78 valence electrons. The first kappa shape index (κ1) is 12.4. The molecule has 0 aliphatic rings. The molecule has 0 spiro atoms. The first-order chi connectivity index (χ1) is 5.93. The average molecular weight is 187 g/mol. The Hall–Kier alpha value is -0.570. The third kappa shape index (κ3) is 6.58. The van der Waals surface area contributed by atoms with E-state index in [1.807, 2.05) is 6.92 Å². The standard InChI is InChI=1S/C10H21NO2/c1-7(2)9(4)11-8(3)5-6-10(12)13/h7-9,11H,5-6H2,1-4H3,(H,12,13). The lowest BCUT2D eigenvalue weighted by Crippen LogP contribution is -2.37. The SMILES string of the molecule is CC(CCC(=O)O)NC(C)C(C)C. The summed E-state index contributed by atoms with van der Waals surface area (Å²) >= 11 is 0. The molecule has 3 heteroatoms. The predicted molar refractivity (Wildman–Crippen MR) is 53.8 cm³/mol. The van der Waals surface area contributed by atoms with Crippen LogP contribution >= 0.6 is 0 Å². The van der Waals surface area contributed by atoms with Gasteiger partial charge in [-0.25, -0.2) is 0 Å². The van der Waals surface area contributed by atoms with Gasteiger partial charge in [0.05, 0.1) is 0 Å². The summed E-state index contributed by atoms with van der Waals surface area (Å²) in [6, 6.07) is 0.734. The highest BCUT2D eigenvalue weighted by atomic mass is 16.4. The van der Waals surface area contributed by atoms with Gasteiger partial charge < -0.3 is 10.4 Å². The van der Waals surface area contributed by atoms with Gasteiger partial charge in [-0.2, -0.15) is 0 Å². The lowest BCUT2D eigenvalue weighted by Gasteiger charge is -2.22. The maximum Gasteiger partial charge on any atom is 0.303 e. The number of carboxylic acid groups (broad SMARTS) is 1. The molecule has 3 nitrogen and oxygen atoms in total. The van der Waals surface area contributed by atoms with Crippen LogP contribution in [0.2, 0.25) is 0 Å². The molecule has 0 radical (unpaired) electrons. The first-order valence-corrected chi connectivity index (χ1v) is 4.91. The summed E-state index contributed by atoms with van der Waals surface area (Å²) < 4.78 is 0. The molecular formula is C10H21NO2. The number of rotatable bonds is 6. The van der Waals surface area contributed by atoms with E-state index in [-0.39, 0.29) is 12.5 Å². The Morgan fingerprint density at radius 3 is 2.23 bits per heavy atom. The lowest BCUT2D eigenvalue weighted by atomic mass is 10.0. The van der Waals surface area contributed by atoms with E-state index in [1.165, 1.54) is 0 Å². The lowest BCUT2D eigenvalue weighted by molar-refractivity contribution is -0.137. The fourth-order valence-electron chi connectivity index (χ4n) is 1.06. The van der Waals surface area contributed by atoms with Crippen molar-refractivity contribution in [1.82, 2.24) is 5.32 Å². The second-order valence-corrected chi connectivity index (χ2v) is 4.03. The largest absolute Gasteiger partial charge is 0.481 e. The van der Waals surface area contributed by atoms with Gasteiger partial charge in [-0.1, -0.05) is 13.8 Å². The average Bonchev–Trinajstić information content (AvgIpc) is 2.00. The van der Waals surface area contributed by atoms with Gasteiger partial charge in [0.15, 0.2) is 0 Å². The van der Waals surface area contributed by atoms with Gasteiger partial charge in [-0.3, -0.25) is 4.79 Å². The molecule has 0 aromatic heterocycles. The molecule has 0 heterocycles. The summed E-state index contributed by atoms with van der Waals surface area (Å²) in [6.45, 7) is 8.47. The number of hydrogen-bond donors (Lipinski definition) is 2. The molecule has 0 saturated carbocycles. The van der Waals surface area contributed by atoms with Crippen LogP contribution < -0.4 is 5.32 Å². The zero-order valence-corrected chi connectivity index (χ0v) is 9.00. The van der Waals surface area contributed by atoms with Crippen molar-refractivity contribution in [2.75, 3.05) is 0 Å². The minimum absolute atomic E-state index is 0.249. The zero-order valence-electron chi connectivity index (χ0n) is 9.00. The first-order valence-electron chi connectivity index (χ1n) is 4.91. The summed E-state index contributed by atoms with van der Waals surface area (Å²) in [6.07, 6.45) is 0.950. The highest BCUT2D eigenvalue weighted by Crippen LogP contribution is 2.04. The summed E-state index contributed by atoms with van der Waals surface area (Å²) in [4.78, 5) is 10.3. The van der Waals surface area contributed by atoms with Crippen LogP contribution in [0.5, 0.6) is 0 Å². The Balaban J connectivity index is 3.61. The van der Waals surface area contributed by atoms with Crippen molar-refractivity contribution in [3.63, 3.8) is 0 Å². The van der Waals surface area contributed by atoms with E-state index in [1.54, 1.807) is 0 Å². The molecule has 0 aliphatic carbocycles. The molecule has 0 aromatic carbocycles. The smallest absolute Gasteiger partial charge is 0.303 e. The van der Waals surface area contributed by atoms with Crippen LogP contribution in [-0.2, 0) is 4.79 Å². The fraction of sp³-hybridized carbons (Fsp3) is 0.900. The van der Waals surface area contributed by atoms with Crippen LogP contribution in [0.4, 0.5) is 0 Å². The quantitative estimate of drug-likeness (QED) is 0.667. The van der Waals surface area contributed by atoms with Crippen molar-refractivity contribution in [1.29, 1.82) is 0 Å². The Morgan fingerprint density at radius 1 is 1.31 bits per heavy atom. The third-order valence-electron chi connectivity index (χ3n) is 2.34. The Morgan fingerprint density at radius 2 is 1.85 bits per heavy atom. The van der Waals surface area contributed by atoms with Gasteiger partial charge in [0.25, 0.3) is 0 Å². The molecule has 13 heavy (non-hydrogen) atoms. The molecule has 2 atom stereocenters. The van der Waals surface area contributed by atoms with E-state index in [4.69, 9.17) is 5.11 Å². The Kier molecular flexibility index (Phi) is 5.71. The predicted octanol–water partition coefficient (Wildman–Crippen LogP) is 1.87. The molecule has 0 amide bonds. The normalized spacial score (nSPS) is 15.8. The minimum Gasteiger partial charge on any atom is -0.481 e. The van der Waals surface area contributed by atoms with Gasteiger partial charge >= 0.3 is 5.97 Å². The van der Waals surface area contributed by atoms with E-state index in [9.17, 15) is 4.79 Å². The van der Waals surface area contributed by atoms with Crippen LogP contribution in [0.3, 0.4) is 0 Å². The molecule has 0 bridgehead atoms. The van der Waals surface area contributed by atoms with Crippen LogP contribution in [0.25, 0.3) is 0 Å². The van der Waals surface area contributed by atoms with Crippen molar-refractivity contribution in [2.24, 2.45) is 5.92 Å². The van der Waals surface area contributed by atoms with Crippen molar-refractivity contribution >= 4 is 5.97 Å². The Bertz CT molecular complexity index is 157. The van der Waals surface area contributed by atoms with Crippen molar-refractivity contribution < 1.29 is 9.90 Å². The molecular weight excluding hydrogens is 166 g/mol. The number of hydrogen-bond acceptors (Lipinski definition) is 2. The fourth-order valence-corrected chi connectivity index (χ4v) is 1.06. The molecule has 0 aliphatic heterocycles. The summed E-state index contributed by atoms with van der Waals surface area (Å²) in [7, 11) is 0. The van der Waals surface area contributed by atoms with Gasteiger partial charge in [0, 0.05) is 18.5 Å². The van der Waals surface area contributed by atoms with Gasteiger partial charge in [-0.05, 0) is 26.2 Å². The topological polar surface area (TPSA) is 49.3 Å². The Labute approximate surface area is 80.5 Å². The number of aliphatic carboxylic acids is 1. The molecule has 2 unspecified atom stereocenters. The number of nitrogens with one attached hydrogen (secondary N) is 1. The maximum absolute atomic E-state index is 10.3. The molecule has 0 fully saturated rings.